The molecule has 0 spiro atoms. The molecule has 2 amide bonds. The van der Waals surface area contributed by atoms with E-state index in [4.69, 9.17) is 9.84 Å². The summed E-state index contributed by atoms with van der Waals surface area (Å²) in [5.74, 6) is 0.858. The number of nitrogens with one attached hydrogen (secondary N) is 1. The monoisotopic (exact) mass is 440 g/mol. The zero-order chi connectivity index (χ0) is 21.8. The van der Waals surface area contributed by atoms with Crippen molar-refractivity contribution in [1.82, 2.24) is 14.7 Å². The van der Waals surface area contributed by atoms with Crippen LogP contribution in [0.4, 0.5) is 10.5 Å². The van der Waals surface area contributed by atoms with E-state index in [1.165, 1.54) is 16.2 Å². The fourth-order valence-electron chi connectivity index (χ4n) is 3.67. The molecular weight excluding hydrogens is 416 g/mol. The molecule has 3 aromatic rings. The smallest absolute Gasteiger partial charge is 0.407 e. The van der Waals surface area contributed by atoms with Crippen molar-refractivity contribution in [2.75, 3.05) is 25.0 Å². The second-order valence-corrected chi connectivity index (χ2v) is 8.45. The van der Waals surface area contributed by atoms with E-state index in [-0.39, 0.29) is 5.91 Å². The van der Waals surface area contributed by atoms with Gasteiger partial charge in [0.15, 0.2) is 0 Å². The van der Waals surface area contributed by atoms with E-state index in [1.807, 2.05) is 42.8 Å². The normalized spacial score (nSPS) is 14.4. The minimum Gasteiger partial charge on any atom is -0.493 e. The van der Waals surface area contributed by atoms with E-state index in [1.54, 1.807) is 16.9 Å². The molecule has 162 valence electrons. The van der Waals surface area contributed by atoms with Gasteiger partial charge in [0, 0.05) is 37.6 Å². The summed E-state index contributed by atoms with van der Waals surface area (Å²) in [7, 11) is 1.86. The van der Waals surface area contributed by atoms with Crippen LogP contribution < -0.4 is 10.1 Å². The van der Waals surface area contributed by atoms with Crippen molar-refractivity contribution in [2.45, 2.75) is 12.8 Å². The molecule has 0 saturated carbocycles. The van der Waals surface area contributed by atoms with E-state index in [0.717, 1.165) is 24.1 Å². The predicted octanol–water partition coefficient (Wildman–Crippen LogP) is 4.17. The lowest BCUT2D eigenvalue weighted by Gasteiger charge is -2.30. The molecule has 0 atom stereocenters. The Morgan fingerprint density at radius 3 is 2.71 bits per heavy atom. The molecular formula is C22H24N4O4S. The molecule has 0 radical (unpaired) electrons. The molecule has 0 bridgehead atoms. The lowest BCUT2D eigenvalue weighted by atomic mass is 9.98. The largest absolute Gasteiger partial charge is 0.493 e. The van der Waals surface area contributed by atoms with Gasteiger partial charge in [-0.1, -0.05) is 6.07 Å². The van der Waals surface area contributed by atoms with E-state index < -0.39 is 6.09 Å². The minimum atomic E-state index is -0.863. The molecule has 2 aromatic heterocycles. The number of aryl methyl sites for hydroxylation is 1. The van der Waals surface area contributed by atoms with Crippen molar-refractivity contribution < 1.29 is 19.4 Å². The maximum atomic E-state index is 12.4. The Bertz CT molecular complexity index is 1060. The van der Waals surface area contributed by atoms with Gasteiger partial charge in [0.25, 0.3) is 5.91 Å². The number of ether oxygens (including phenoxy) is 1. The molecule has 0 aliphatic carbocycles. The van der Waals surface area contributed by atoms with Crippen LogP contribution in [0.25, 0.3) is 11.3 Å². The van der Waals surface area contributed by atoms with Crippen molar-refractivity contribution in [3.05, 3.63) is 52.9 Å². The van der Waals surface area contributed by atoms with Gasteiger partial charge in [0.1, 0.15) is 5.75 Å². The van der Waals surface area contributed by atoms with Crippen LogP contribution in [0, 0.1) is 5.92 Å². The number of likely N-dealkylation sites (tertiary alicyclic amines) is 1. The Labute approximate surface area is 184 Å². The lowest BCUT2D eigenvalue weighted by Crippen LogP contribution is -2.38. The van der Waals surface area contributed by atoms with Gasteiger partial charge in [-0.2, -0.15) is 5.10 Å². The van der Waals surface area contributed by atoms with Crippen molar-refractivity contribution in [3.8, 4) is 17.0 Å². The topological polar surface area (TPSA) is 96.7 Å². The third-order valence-corrected chi connectivity index (χ3v) is 6.31. The molecule has 2 N–H and O–H groups in total. The van der Waals surface area contributed by atoms with Gasteiger partial charge >= 0.3 is 6.09 Å². The molecule has 31 heavy (non-hydrogen) atoms. The highest BCUT2D eigenvalue weighted by Crippen LogP contribution is 2.33. The van der Waals surface area contributed by atoms with Crippen LogP contribution >= 0.6 is 11.3 Å². The molecule has 1 aliphatic heterocycles. The van der Waals surface area contributed by atoms with E-state index in [9.17, 15) is 9.59 Å². The number of carbonyl (C=O) groups is 2. The molecule has 4 rings (SSSR count). The summed E-state index contributed by atoms with van der Waals surface area (Å²) in [5.41, 5.74) is 2.39. The van der Waals surface area contributed by atoms with Gasteiger partial charge in [-0.15, -0.1) is 11.3 Å². The molecule has 8 nitrogen and oxygen atoms in total. The summed E-state index contributed by atoms with van der Waals surface area (Å²) in [6.07, 6.45) is 2.42. The Morgan fingerprint density at radius 2 is 2.06 bits per heavy atom. The zero-order valence-corrected chi connectivity index (χ0v) is 18.0. The highest BCUT2D eigenvalue weighted by Gasteiger charge is 2.23. The van der Waals surface area contributed by atoms with Gasteiger partial charge in [-0.25, -0.2) is 4.79 Å². The van der Waals surface area contributed by atoms with Gasteiger partial charge in [-0.3, -0.25) is 9.48 Å². The first kappa shape index (κ1) is 20.9. The summed E-state index contributed by atoms with van der Waals surface area (Å²) >= 11 is 1.39. The van der Waals surface area contributed by atoms with Crippen molar-refractivity contribution in [1.29, 1.82) is 0 Å². The molecule has 1 saturated heterocycles. The van der Waals surface area contributed by atoms with Crippen LogP contribution in [-0.2, 0) is 7.05 Å². The number of anilines is 1. The third-order valence-electron chi connectivity index (χ3n) is 5.44. The second-order valence-electron chi connectivity index (χ2n) is 7.51. The standard InChI is InChI=1S/C22H24N4O4S/c1-25-18(6-9-23-25)17-13-16(24-21(27)20-3-2-12-31-20)4-5-19(17)30-14-15-7-10-26(11-8-15)22(28)29/h2-6,9,12-13,15H,7-8,10-11,14H2,1H3,(H,24,27)(H,28,29). The van der Waals surface area contributed by atoms with E-state index >= 15 is 0 Å². The molecule has 0 unspecified atom stereocenters. The number of rotatable bonds is 6. The van der Waals surface area contributed by atoms with Crippen LogP contribution in [0.2, 0.25) is 0 Å². The Balaban J connectivity index is 1.50. The fraction of sp³-hybridized carbons (Fsp3) is 0.318. The number of aromatic nitrogens is 2. The first-order valence-electron chi connectivity index (χ1n) is 10.1. The van der Waals surface area contributed by atoms with Gasteiger partial charge in [-0.05, 0) is 54.5 Å². The van der Waals surface area contributed by atoms with E-state index in [2.05, 4.69) is 10.4 Å². The average molecular weight is 441 g/mol. The Kier molecular flexibility index (Phi) is 6.22. The number of nitrogens with zero attached hydrogens (tertiary/aromatic N) is 3. The third kappa shape index (κ3) is 4.88. The van der Waals surface area contributed by atoms with Crippen LogP contribution in [0.15, 0.2) is 48.0 Å². The quantitative estimate of drug-likeness (QED) is 0.600. The van der Waals surface area contributed by atoms with Crippen LogP contribution in [0.3, 0.4) is 0 Å². The number of carboxylic acid groups (broad SMARTS) is 1. The molecule has 1 fully saturated rings. The minimum absolute atomic E-state index is 0.148. The number of thiophene rings is 1. The maximum Gasteiger partial charge on any atom is 0.407 e. The molecule has 1 aliphatic rings. The SMILES string of the molecule is Cn1nccc1-c1cc(NC(=O)c2cccs2)ccc1OCC1CCN(C(=O)O)CC1. The summed E-state index contributed by atoms with van der Waals surface area (Å²) < 4.78 is 7.93. The number of piperidine rings is 1. The number of benzene rings is 1. The highest BCUT2D eigenvalue weighted by molar-refractivity contribution is 7.12. The number of hydrogen-bond donors (Lipinski definition) is 2. The number of carbonyl (C=O) groups excluding carboxylic acids is 1. The molecule has 3 heterocycles. The fourth-order valence-corrected chi connectivity index (χ4v) is 4.29. The Hall–Kier alpha value is -3.33. The second kappa shape index (κ2) is 9.22. The first-order valence-corrected chi connectivity index (χ1v) is 11.0. The number of hydrogen-bond acceptors (Lipinski definition) is 5. The summed E-state index contributed by atoms with van der Waals surface area (Å²) in [4.78, 5) is 25.6. The zero-order valence-electron chi connectivity index (χ0n) is 17.2. The summed E-state index contributed by atoms with van der Waals surface area (Å²) in [6, 6.07) is 11.1. The van der Waals surface area contributed by atoms with Gasteiger partial charge < -0.3 is 20.1 Å². The van der Waals surface area contributed by atoms with Crippen LogP contribution in [0.1, 0.15) is 22.5 Å². The van der Waals surface area contributed by atoms with E-state index in [0.29, 0.717) is 41.9 Å². The summed E-state index contributed by atoms with van der Waals surface area (Å²) in [6.45, 7) is 1.58. The van der Waals surface area contributed by atoms with Crippen LogP contribution in [0.5, 0.6) is 5.75 Å². The van der Waals surface area contributed by atoms with Crippen molar-refractivity contribution in [2.24, 2.45) is 13.0 Å². The highest BCUT2D eigenvalue weighted by atomic mass is 32.1. The Morgan fingerprint density at radius 1 is 1.26 bits per heavy atom. The van der Waals surface area contributed by atoms with Gasteiger partial charge in [0.05, 0.1) is 17.2 Å². The van der Waals surface area contributed by atoms with Crippen molar-refractivity contribution in [3.63, 3.8) is 0 Å². The number of amides is 2. The lowest BCUT2D eigenvalue weighted by molar-refractivity contribution is 0.103. The van der Waals surface area contributed by atoms with Gasteiger partial charge in [0.2, 0.25) is 0 Å². The predicted molar refractivity (Wildman–Crippen MR) is 119 cm³/mol. The maximum absolute atomic E-state index is 12.4. The molecule has 9 heteroatoms. The van der Waals surface area contributed by atoms with Crippen molar-refractivity contribution >= 4 is 29.0 Å². The first-order chi connectivity index (χ1) is 15.0. The van der Waals surface area contributed by atoms with Crippen LogP contribution in [-0.4, -0.2) is 51.5 Å². The average Bonchev–Trinajstić information content (AvgIpc) is 3.45. The summed E-state index contributed by atoms with van der Waals surface area (Å²) in [5, 5.41) is 18.2. The molecule has 1 aromatic carbocycles.